The third-order valence-electron chi connectivity index (χ3n) is 4.98. The summed E-state index contributed by atoms with van der Waals surface area (Å²) in [6.07, 6.45) is 11.3. The van der Waals surface area contributed by atoms with Crippen molar-refractivity contribution in [1.82, 2.24) is 10.2 Å². The van der Waals surface area contributed by atoms with E-state index >= 15 is 0 Å². The molecule has 1 heterocycles. The third kappa shape index (κ3) is 3.45. The average Bonchev–Trinajstić information content (AvgIpc) is 2.84. The van der Waals surface area contributed by atoms with Gasteiger partial charge in [0.2, 0.25) is 0 Å². The van der Waals surface area contributed by atoms with Crippen molar-refractivity contribution >= 4 is 0 Å². The molecule has 0 unspecified atom stereocenters. The topological polar surface area (TPSA) is 15.3 Å². The Kier molecular flexibility index (Phi) is 4.87. The van der Waals surface area contributed by atoms with Gasteiger partial charge in [-0.2, -0.15) is 0 Å². The molecule has 0 aromatic carbocycles. The molecule has 2 fully saturated rings. The Morgan fingerprint density at radius 3 is 2.41 bits per heavy atom. The van der Waals surface area contributed by atoms with Gasteiger partial charge in [-0.05, 0) is 57.7 Å². The van der Waals surface area contributed by atoms with Gasteiger partial charge in [-0.1, -0.05) is 26.2 Å². The molecule has 1 saturated heterocycles. The zero-order chi connectivity index (χ0) is 12.1. The van der Waals surface area contributed by atoms with Gasteiger partial charge in [0, 0.05) is 12.6 Å². The average molecular weight is 238 g/mol. The lowest BCUT2D eigenvalue weighted by Gasteiger charge is -2.42. The quantitative estimate of drug-likeness (QED) is 0.792. The van der Waals surface area contributed by atoms with Gasteiger partial charge in [0.05, 0.1) is 0 Å². The Bertz CT molecular complexity index is 209. The summed E-state index contributed by atoms with van der Waals surface area (Å²) in [6.45, 7) is 6.16. The van der Waals surface area contributed by atoms with E-state index in [0.717, 1.165) is 6.04 Å². The van der Waals surface area contributed by atoms with Crippen LogP contribution in [0, 0.1) is 5.41 Å². The maximum absolute atomic E-state index is 3.52. The standard InChI is InChI=1S/C15H30N2/c1-3-8-15(9-11-16-12-10-15)13-17(2)14-6-4-5-7-14/h14,16H,3-13H2,1-2H3. The van der Waals surface area contributed by atoms with E-state index in [-0.39, 0.29) is 0 Å². The molecule has 1 aliphatic heterocycles. The number of nitrogens with zero attached hydrogens (tertiary/aromatic N) is 1. The molecule has 0 amide bonds. The van der Waals surface area contributed by atoms with Crippen LogP contribution >= 0.6 is 0 Å². The first kappa shape index (κ1) is 13.4. The minimum atomic E-state index is 0.622. The molecule has 1 aliphatic carbocycles. The van der Waals surface area contributed by atoms with Crippen LogP contribution in [0.3, 0.4) is 0 Å². The van der Waals surface area contributed by atoms with E-state index in [2.05, 4.69) is 24.2 Å². The van der Waals surface area contributed by atoms with Crippen molar-refractivity contribution in [2.24, 2.45) is 5.41 Å². The highest BCUT2D eigenvalue weighted by atomic mass is 15.1. The molecule has 2 heteroatoms. The van der Waals surface area contributed by atoms with Crippen LogP contribution in [0.5, 0.6) is 0 Å². The molecule has 0 aromatic rings. The van der Waals surface area contributed by atoms with Crippen molar-refractivity contribution in [3.05, 3.63) is 0 Å². The number of hydrogen-bond donors (Lipinski definition) is 1. The zero-order valence-corrected chi connectivity index (χ0v) is 11.8. The summed E-state index contributed by atoms with van der Waals surface area (Å²) in [6, 6.07) is 0.888. The fourth-order valence-corrected chi connectivity index (χ4v) is 3.98. The van der Waals surface area contributed by atoms with E-state index < -0.39 is 0 Å². The molecule has 1 saturated carbocycles. The lowest BCUT2D eigenvalue weighted by molar-refractivity contribution is 0.0924. The summed E-state index contributed by atoms with van der Waals surface area (Å²) in [7, 11) is 2.37. The first-order chi connectivity index (χ1) is 8.26. The Morgan fingerprint density at radius 1 is 1.18 bits per heavy atom. The van der Waals surface area contributed by atoms with Gasteiger partial charge < -0.3 is 10.2 Å². The van der Waals surface area contributed by atoms with E-state index in [1.807, 2.05) is 0 Å². The SMILES string of the molecule is CCCC1(CN(C)C2CCCC2)CCNCC1. The van der Waals surface area contributed by atoms with E-state index in [1.54, 1.807) is 0 Å². The fraction of sp³-hybridized carbons (Fsp3) is 1.00. The molecule has 2 rings (SSSR count). The fourth-order valence-electron chi connectivity index (χ4n) is 3.98. The molecule has 0 radical (unpaired) electrons. The Labute approximate surface area is 107 Å². The summed E-state index contributed by atoms with van der Waals surface area (Å²) in [5.41, 5.74) is 0.622. The molecular weight excluding hydrogens is 208 g/mol. The van der Waals surface area contributed by atoms with Crippen molar-refractivity contribution in [3.63, 3.8) is 0 Å². The van der Waals surface area contributed by atoms with Crippen molar-refractivity contribution in [2.45, 2.75) is 64.3 Å². The minimum absolute atomic E-state index is 0.622. The van der Waals surface area contributed by atoms with Crippen molar-refractivity contribution in [2.75, 3.05) is 26.7 Å². The predicted octanol–water partition coefficient (Wildman–Crippen LogP) is 3.03. The largest absolute Gasteiger partial charge is 0.317 e. The van der Waals surface area contributed by atoms with Crippen molar-refractivity contribution < 1.29 is 0 Å². The molecule has 0 bridgehead atoms. The Balaban J connectivity index is 1.91. The zero-order valence-electron chi connectivity index (χ0n) is 11.8. The van der Waals surface area contributed by atoms with Gasteiger partial charge in [0.15, 0.2) is 0 Å². The molecule has 0 spiro atoms. The first-order valence-corrected chi connectivity index (χ1v) is 7.67. The molecular formula is C15H30N2. The molecule has 100 valence electrons. The highest BCUT2D eigenvalue weighted by molar-refractivity contribution is 4.89. The summed E-state index contributed by atoms with van der Waals surface area (Å²) < 4.78 is 0. The maximum Gasteiger partial charge on any atom is 0.00924 e. The van der Waals surface area contributed by atoms with Crippen LogP contribution in [0.1, 0.15) is 58.3 Å². The molecule has 0 aromatic heterocycles. The van der Waals surface area contributed by atoms with E-state index in [4.69, 9.17) is 0 Å². The van der Waals surface area contributed by atoms with E-state index in [9.17, 15) is 0 Å². The van der Waals surface area contributed by atoms with Crippen LogP contribution in [0.2, 0.25) is 0 Å². The minimum Gasteiger partial charge on any atom is -0.317 e. The van der Waals surface area contributed by atoms with Gasteiger partial charge in [0.25, 0.3) is 0 Å². The second kappa shape index (κ2) is 6.19. The van der Waals surface area contributed by atoms with E-state index in [0.29, 0.717) is 5.41 Å². The number of hydrogen-bond acceptors (Lipinski definition) is 2. The molecule has 0 atom stereocenters. The van der Waals surface area contributed by atoms with Gasteiger partial charge in [-0.3, -0.25) is 0 Å². The van der Waals surface area contributed by atoms with Crippen LogP contribution in [0.15, 0.2) is 0 Å². The molecule has 2 aliphatic rings. The summed E-state index contributed by atoms with van der Waals surface area (Å²) >= 11 is 0. The predicted molar refractivity (Wildman–Crippen MR) is 74.3 cm³/mol. The Morgan fingerprint density at radius 2 is 1.82 bits per heavy atom. The van der Waals surface area contributed by atoms with Crippen molar-refractivity contribution in [1.29, 1.82) is 0 Å². The number of piperidine rings is 1. The number of nitrogens with one attached hydrogen (secondary N) is 1. The smallest absolute Gasteiger partial charge is 0.00924 e. The molecule has 1 N–H and O–H groups in total. The van der Waals surface area contributed by atoms with Crippen LogP contribution in [-0.2, 0) is 0 Å². The van der Waals surface area contributed by atoms with Gasteiger partial charge in [-0.15, -0.1) is 0 Å². The summed E-state index contributed by atoms with van der Waals surface area (Å²) in [5, 5.41) is 3.52. The lowest BCUT2D eigenvalue weighted by Crippen LogP contribution is -2.46. The van der Waals surface area contributed by atoms with Crippen molar-refractivity contribution in [3.8, 4) is 0 Å². The second-order valence-corrected chi connectivity index (χ2v) is 6.35. The highest BCUT2D eigenvalue weighted by Gasteiger charge is 2.34. The van der Waals surface area contributed by atoms with E-state index in [1.165, 1.54) is 71.0 Å². The van der Waals surface area contributed by atoms with Gasteiger partial charge >= 0.3 is 0 Å². The van der Waals surface area contributed by atoms with Crippen LogP contribution in [0.25, 0.3) is 0 Å². The second-order valence-electron chi connectivity index (χ2n) is 6.35. The normalized spacial score (nSPS) is 25.6. The molecule has 17 heavy (non-hydrogen) atoms. The summed E-state index contributed by atoms with van der Waals surface area (Å²) in [5.74, 6) is 0. The van der Waals surface area contributed by atoms with Crippen LogP contribution in [-0.4, -0.2) is 37.6 Å². The third-order valence-corrected chi connectivity index (χ3v) is 4.98. The Hall–Kier alpha value is -0.0800. The van der Waals surface area contributed by atoms with Gasteiger partial charge in [-0.25, -0.2) is 0 Å². The summed E-state index contributed by atoms with van der Waals surface area (Å²) in [4.78, 5) is 2.69. The monoisotopic (exact) mass is 238 g/mol. The molecule has 2 nitrogen and oxygen atoms in total. The highest BCUT2D eigenvalue weighted by Crippen LogP contribution is 2.36. The van der Waals surface area contributed by atoms with Crippen LogP contribution < -0.4 is 5.32 Å². The first-order valence-electron chi connectivity index (χ1n) is 7.67. The lowest BCUT2D eigenvalue weighted by atomic mass is 9.75. The number of rotatable bonds is 5. The van der Waals surface area contributed by atoms with Crippen LogP contribution in [0.4, 0.5) is 0 Å². The maximum atomic E-state index is 3.52. The van der Waals surface area contributed by atoms with Gasteiger partial charge in [0.1, 0.15) is 0 Å².